The van der Waals surface area contributed by atoms with Crippen molar-refractivity contribution >= 4 is 49.4 Å². The maximum absolute atomic E-state index is 13.2. The minimum Gasteiger partial charge on any atom is -0.395 e. The lowest BCUT2D eigenvalue weighted by Crippen LogP contribution is -2.33. The highest BCUT2D eigenvalue weighted by Crippen LogP contribution is 2.19. The number of rotatable bonds is 11. The van der Waals surface area contributed by atoms with E-state index in [1.165, 1.54) is 35.6 Å². The van der Waals surface area contributed by atoms with Crippen LogP contribution in [0.1, 0.15) is 17.5 Å². The average molecular weight is 514 g/mol. The Balaban J connectivity index is 1.86. The van der Waals surface area contributed by atoms with Crippen LogP contribution in [0.3, 0.4) is 0 Å². The molecule has 3 rings (SSSR count). The Hall–Kier alpha value is -2.78. The van der Waals surface area contributed by atoms with Crippen molar-refractivity contribution in [2.45, 2.75) is 18.4 Å². The lowest BCUT2D eigenvalue weighted by Gasteiger charge is -2.19. The first-order valence-corrected chi connectivity index (χ1v) is 12.7. The van der Waals surface area contributed by atoms with E-state index in [0.29, 0.717) is 16.3 Å². The van der Waals surface area contributed by atoms with Crippen LogP contribution in [-0.4, -0.2) is 59.1 Å². The molecular formula is C19H20FN5O5S3. The minimum atomic E-state index is -3.82. The second kappa shape index (κ2) is 11.4. The van der Waals surface area contributed by atoms with Gasteiger partial charge >= 0.3 is 0 Å². The summed E-state index contributed by atoms with van der Waals surface area (Å²) in [5.74, 6) is -0.713. The topological polar surface area (TPSA) is 134 Å². The van der Waals surface area contributed by atoms with Crippen molar-refractivity contribution < 1.29 is 27.5 Å². The van der Waals surface area contributed by atoms with Crippen molar-refractivity contribution in [3.05, 3.63) is 57.7 Å². The lowest BCUT2D eigenvalue weighted by atomic mass is 10.1. The number of aliphatic hydroxyl groups excluding tert-OH is 1. The molecule has 10 nitrogen and oxygen atoms in total. The Morgan fingerprint density at radius 1 is 1.30 bits per heavy atom. The van der Waals surface area contributed by atoms with Gasteiger partial charge in [-0.2, -0.15) is 8.70 Å². The molecule has 2 aromatic heterocycles. The van der Waals surface area contributed by atoms with E-state index < -0.39 is 21.1 Å². The molecule has 0 saturated heterocycles. The predicted octanol–water partition coefficient (Wildman–Crippen LogP) is 2.30. The van der Waals surface area contributed by atoms with Crippen molar-refractivity contribution in [2.24, 2.45) is 5.16 Å². The molecule has 0 atom stereocenters. The fourth-order valence-electron chi connectivity index (χ4n) is 2.66. The highest BCUT2D eigenvalue weighted by atomic mass is 32.2. The Morgan fingerprint density at radius 3 is 2.64 bits per heavy atom. The molecule has 0 spiro atoms. The van der Waals surface area contributed by atoms with Gasteiger partial charge in [0.1, 0.15) is 5.01 Å². The third-order valence-corrected chi connectivity index (χ3v) is 7.65. The molecule has 0 aliphatic rings. The van der Waals surface area contributed by atoms with Crippen molar-refractivity contribution in [3.8, 4) is 0 Å². The zero-order valence-corrected chi connectivity index (χ0v) is 19.8. The molecule has 0 radical (unpaired) electrons. The fourth-order valence-corrected chi connectivity index (χ4v) is 5.16. The monoisotopic (exact) mass is 513 g/mol. The zero-order chi connectivity index (χ0) is 23.8. The van der Waals surface area contributed by atoms with Gasteiger partial charge < -0.3 is 9.94 Å². The Bertz CT molecular complexity index is 1200. The molecule has 3 aromatic rings. The number of aliphatic hydroxyl groups is 1. The highest BCUT2D eigenvalue weighted by molar-refractivity contribution is 7.89. The molecular weight excluding hydrogens is 493 g/mol. The van der Waals surface area contributed by atoms with Crippen molar-refractivity contribution in [1.82, 2.24) is 14.3 Å². The van der Waals surface area contributed by atoms with E-state index in [4.69, 9.17) is 9.94 Å². The summed E-state index contributed by atoms with van der Waals surface area (Å²) in [5, 5.41) is 17.3. The largest absolute Gasteiger partial charge is 0.395 e. The summed E-state index contributed by atoms with van der Waals surface area (Å²) in [5.41, 5.74) is 0.113. The summed E-state index contributed by atoms with van der Waals surface area (Å²) in [7, 11) is -3.82. The van der Waals surface area contributed by atoms with E-state index in [0.717, 1.165) is 10.5 Å². The van der Waals surface area contributed by atoms with Crippen molar-refractivity contribution in [2.75, 3.05) is 25.0 Å². The fraction of sp³-hybridized carbons (Fsp3) is 0.263. The van der Waals surface area contributed by atoms with E-state index in [9.17, 15) is 17.6 Å². The van der Waals surface area contributed by atoms with E-state index in [1.807, 2.05) is 0 Å². The Kier molecular flexibility index (Phi) is 8.57. The Labute approximate surface area is 197 Å². The third kappa shape index (κ3) is 6.39. The summed E-state index contributed by atoms with van der Waals surface area (Å²) in [4.78, 5) is 25.9. The number of oxime groups is 1. The molecule has 2 N–H and O–H groups in total. The number of nitrogens with zero attached hydrogens (tertiary/aromatic N) is 4. The van der Waals surface area contributed by atoms with Crippen molar-refractivity contribution in [3.63, 3.8) is 0 Å². The SMILES string of the molecule is CCN(CCO)S(=O)(=O)c1ccc(/C(=N\OCc2nccs2)C(=O)Nc2ncc(F)s2)cc1. The van der Waals surface area contributed by atoms with Gasteiger partial charge in [-0.05, 0) is 12.1 Å². The first kappa shape index (κ1) is 24.9. The highest BCUT2D eigenvalue weighted by Gasteiger charge is 2.24. The standard InChI is InChI=1S/C19H20FN5O5S3/c1-2-25(8-9-26)33(28,29)14-5-3-13(4-6-14)17(24-30-12-16-21-7-10-31-16)18(27)23-19-22-11-15(20)32-19/h3-7,10-11,26H,2,8-9,12H2,1H3,(H,22,23,27)/b24-17+. The quantitative estimate of drug-likeness (QED) is 0.297. The normalized spacial score (nSPS) is 12.2. The number of benzene rings is 1. The number of amides is 1. The number of sulfonamides is 1. The van der Waals surface area contributed by atoms with Gasteiger partial charge in [0, 0.05) is 30.2 Å². The van der Waals surface area contributed by atoms with Gasteiger partial charge in [-0.1, -0.05) is 35.5 Å². The van der Waals surface area contributed by atoms with Crippen molar-refractivity contribution in [1.29, 1.82) is 0 Å². The van der Waals surface area contributed by atoms with Crippen LogP contribution < -0.4 is 5.32 Å². The van der Waals surface area contributed by atoms with Crippen LogP contribution in [0.2, 0.25) is 0 Å². The maximum atomic E-state index is 13.2. The number of hydrogen-bond acceptors (Lipinski definition) is 10. The number of aromatic nitrogens is 2. The molecule has 0 saturated carbocycles. The molecule has 0 aliphatic heterocycles. The lowest BCUT2D eigenvalue weighted by molar-refractivity contribution is -0.110. The molecule has 2 heterocycles. The van der Waals surface area contributed by atoms with Gasteiger partial charge in [-0.15, -0.1) is 11.3 Å². The maximum Gasteiger partial charge on any atom is 0.280 e. The number of carbonyl (C=O) groups excluding carboxylic acids is 1. The van der Waals surface area contributed by atoms with Gasteiger partial charge in [0.25, 0.3) is 5.91 Å². The molecule has 1 aromatic carbocycles. The van der Waals surface area contributed by atoms with E-state index in [2.05, 4.69) is 20.4 Å². The number of hydrogen-bond donors (Lipinski definition) is 2. The van der Waals surface area contributed by atoms with Gasteiger partial charge in [0.15, 0.2) is 22.6 Å². The van der Waals surface area contributed by atoms with Crippen LogP contribution >= 0.6 is 22.7 Å². The third-order valence-electron chi connectivity index (χ3n) is 4.21. The second-order valence-corrected chi connectivity index (χ2v) is 10.2. The molecule has 14 heteroatoms. The van der Waals surface area contributed by atoms with Crippen LogP contribution in [0.15, 0.2) is 52.1 Å². The van der Waals surface area contributed by atoms with Gasteiger partial charge in [0.05, 0.1) is 17.7 Å². The average Bonchev–Trinajstić information content (AvgIpc) is 3.46. The van der Waals surface area contributed by atoms with Gasteiger partial charge in [-0.25, -0.2) is 18.4 Å². The number of anilines is 1. The number of likely N-dealkylation sites (N-methyl/N-ethyl adjacent to an activating group) is 1. The minimum absolute atomic E-state index is 0.00740. The first-order valence-electron chi connectivity index (χ1n) is 9.57. The van der Waals surface area contributed by atoms with Crippen LogP contribution in [0, 0.1) is 5.13 Å². The Morgan fingerprint density at radius 2 is 2.06 bits per heavy atom. The zero-order valence-electron chi connectivity index (χ0n) is 17.3. The summed E-state index contributed by atoms with van der Waals surface area (Å²) < 4.78 is 39.9. The molecule has 0 fully saturated rings. The summed E-state index contributed by atoms with van der Waals surface area (Å²) in [6, 6.07) is 5.48. The van der Waals surface area contributed by atoms with Gasteiger partial charge in [-0.3, -0.25) is 10.1 Å². The van der Waals surface area contributed by atoms with Crippen LogP contribution in [0.25, 0.3) is 0 Å². The molecule has 33 heavy (non-hydrogen) atoms. The molecule has 176 valence electrons. The van der Waals surface area contributed by atoms with Gasteiger partial charge in [0.2, 0.25) is 10.0 Å². The second-order valence-electron chi connectivity index (χ2n) is 6.31. The number of carbonyl (C=O) groups is 1. The van der Waals surface area contributed by atoms with E-state index >= 15 is 0 Å². The summed E-state index contributed by atoms with van der Waals surface area (Å²) in [6.07, 6.45) is 2.58. The predicted molar refractivity (Wildman–Crippen MR) is 122 cm³/mol. The number of thiazole rings is 2. The number of nitrogens with one attached hydrogen (secondary N) is 1. The molecule has 0 aliphatic carbocycles. The summed E-state index contributed by atoms with van der Waals surface area (Å²) in [6.45, 7) is 1.53. The van der Waals surface area contributed by atoms with E-state index in [1.54, 1.807) is 18.5 Å². The number of halogens is 1. The van der Waals surface area contributed by atoms with Crippen LogP contribution in [0.4, 0.5) is 9.52 Å². The summed E-state index contributed by atoms with van der Waals surface area (Å²) >= 11 is 2.00. The molecule has 0 unspecified atom stereocenters. The van der Waals surface area contributed by atoms with Crippen LogP contribution in [0.5, 0.6) is 0 Å². The molecule has 0 bridgehead atoms. The first-order chi connectivity index (χ1) is 15.8. The van der Waals surface area contributed by atoms with E-state index in [-0.39, 0.29) is 47.6 Å². The smallest absolute Gasteiger partial charge is 0.280 e. The molecule has 1 amide bonds. The van der Waals surface area contributed by atoms with Crippen LogP contribution in [-0.2, 0) is 26.3 Å².